The van der Waals surface area contributed by atoms with Gasteiger partial charge in [0.05, 0.1) is 14.2 Å². The first-order valence-electron chi connectivity index (χ1n) is 8.15. The molecule has 3 rings (SSSR count). The van der Waals surface area contributed by atoms with Gasteiger partial charge in [-0.05, 0) is 32.0 Å². The molecule has 0 bridgehead atoms. The molecule has 2 aromatic rings. The molecule has 134 valence electrons. The Bertz CT molecular complexity index is 891. The summed E-state index contributed by atoms with van der Waals surface area (Å²) in [5, 5.41) is 0. The van der Waals surface area contributed by atoms with Crippen LogP contribution in [0.3, 0.4) is 0 Å². The molecule has 0 fully saturated rings. The van der Waals surface area contributed by atoms with E-state index in [2.05, 4.69) is 0 Å². The van der Waals surface area contributed by atoms with Gasteiger partial charge in [0.15, 0.2) is 11.5 Å². The Morgan fingerprint density at radius 3 is 2.31 bits per heavy atom. The van der Waals surface area contributed by atoms with Crippen LogP contribution in [0.5, 0.6) is 11.5 Å². The Labute approximate surface area is 158 Å². The Morgan fingerprint density at radius 1 is 1.04 bits per heavy atom. The molecular formula is C20H20N2O3S. The first-order valence-corrected chi connectivity index (χ1v) is 8.56. The maximum atomic E-state index is 13.2. The van der Waals surface area contributed by atoms with Crippen molar-refractivity contribution in [2.24, 2.45) is 4.99 Å². The van der Waals surface area contributed by atoms with Gasteiger partial charge in [-0.25, -0.2) is 0 Å². The largest absolute Gasteiger partial charge is 0.493 e. The molecule has 0 radical (unpaired) electrons. The van der Waals surface area contributed by atoms with Crippen molar-refractivity contribution in [3.8, 4) is 11.5 Å². The van der Waals surface area contributed by atoms with Gasteiger partial charge in [-0.3, -0.25) is 14.7 Å². The minimum Gasteiger partial charge on any atom is -0.493 e. The summed E-state index contributed by atoms with van der Waals surface area (Å²) in [5.41, 5.74) is 1.24. The van der Waals surface area contributed by atoms with Gasteiger partial charge in [0.1, 0.15) is 16.4 Å². The van der Waals surface area contributed by atoms with Crippen LogP contribution < -0.4 is 9.47 Å². The van der Waals surface area contributed by atoms with Crippen molar-refractivity contribution in [3.63, 3.8) is 0 Å². The number of ether oxygens (including phenoxy) is 2. The van der Waals surface area contributed by atoms with Gasteiger partial charge < -0.3 is 9.47 Å². The van der Waals surface area contributed by atoms with Crippen molar-refractivity contribution in [3.05, 3.63) is 59.7 Å². The minimum absolute atomic E-state index is 0.226. The highest BCUT2D eigenvalue weighted by Crippen LogP contribution is 2.32. The molecule has 1 aliphatic heterocycles. The second-order valence-electron chi connectivity index (χ2n) is 6.34. The number of carbonyl (C=O) groups is 1. The fourth-order valence-corrected chi connectivity index (χ4v) is 3.42. The van der Waals surface area contributed by atoms with Gasteiger partial charge in [-0.2, -0.15) is 0 Å². The molecule has 5 nitrogen and oxygen atoms in total. The third-order valence-corrected chi connectivity index (χ3v) is 4.60. The second kappa shape index (κ2) is 6.88. The van der Waals surface area contributed by atoms with Crippen molar-refractivity contribution < 1.29 is 14.3 Å². The molecule has 0 N–H and O–H groups in total. The van der Waals surface area contributed by atoms with Crippen LogP contribution in [0, 0.1) is 0 Å². The van der Waals surface area contributed by atoms with E-state index in [9.17, 15) is 4.79 Å². The minimum atomic E-state index is -0.771. The highest BCUT2D eigenvalue weighted by Gasteiger charge is 2.42. The fraction of sp³-hybridized carbons (Fsp3) is 0.250. The summed E-state index contributed by atoms with van der Waals surface area (Å²) in [5.74, 6) is 0.828. The normalized spacial score (nSPS) is 15.6. The molecule has 1 heterocycles. The number of benzene rings is 2. The van der Waals surface area contributed by atoms with Gasteiger partial charge in [-0.15, -0.1) is 0 Å². The highest BCUT2D eigenvalue weighted by atomic mass is 32.1. The molecule has 0 saturated heterocycles. The summed E-state index contributed by atoms with van der Waals surface area (Å²) in [6.07, 6.45) is 0. The molecular weight excluding hydrogens is 348 g/mol. The number of nitrogens with zero attached hydrogens (tertiary/aromatic N) is 2. The topological polar surface area (TPSA) is 51.1 Å². The number of aliphatic imine (C=N–C) groups is 1. The molecule has 1 amide bonds. The first-order chi connectivity index (χ1) is 12.4. The SMILES string of the molecule is COc1ccc(C(=O)N2C(=S)C(c3ccccc3)=NC2(C)C)cc1OC. The quantitative estimate of drug-likeness (QED) is 0.772. The number of hydrogen-bond acceptors (Lipinski definition) is 5. The van der Waals surface area contributed by atoms with E-state index in [0.717, 1.165) is 5.56 Å². The molecule has 0 aromatic heterocycles. The summed E-state index contributed by atoms with van der Waals surface area (Å²) < 4.78 is 10.5. The molecule has 0 aliphatic carbocycles. The van der Waals surface area contributed by atoms with Crippen LogP contribution in [-0.2, 0) is 0 Å². The number of methoxy groups -OCH3 is 2. The summed E-state index contributed by atoms with van der Waals surface area (Å²) in [6.45, 7) is 3.74. The van der Waals surface area contributed by atoms with Crippen molar-refractivity contribution in [1.82, 2.24) is 4.90 Å². The van der Waals surface area contributed by atoms with Crippen LogP contribution in [0.1, 0.15) is 29.8 Å². The zero-order valence-electron chi connectivity index (χ0n) is 15.1. The number of thiocarbonyl (C=S) groups is 1. The summed E-state index contributed by atoms with van der Waals surface area (Å²) in [7, 11) is 3.09. The van der Waals surface area contributed by atoms with Crippen LogP contribution in [-0.4, -0.2) is 41.4 Å². The predicted octanol–water partition coefficient (Wildman–Crippen LogP) is 3.71. The highest BCUT2D eigenvalue weighted by molar-refractivity contribution is 7.82. The zero-order chi connectivity index (χ0) is 18.9. The summed E-state index contributed by atoms with van der Waals surface area (Å²) in [6, 6.07) is 14.7. The Hall–Kier alpha value is -2.73. The van der Waals surface area contributed by atoms with Crippen molar-refractivity contribution >= 4 is 28.8 Å². The summed E-state index contributed by atoms with van der Waals surface area (Å²) in [4.78, 5) is 19.9. The number of rotatable bonds is 4. The van der Waals surface area contributed by atoms with E-state index in [-0.39, 0.29) is 5.91 Å². The van der Waals surface area contributed by atoms with E-state index >= 15 is 0 Å². The van der Waals surface area contributed by atoms with Crippen LogP contribution >= 0.6 is 12.2 Å². The van der Waals surface area contributed by atoms with Crippen molar-refractivity contribution in [2.75, 3.05) is 14.2 Å². The zero-order valence-corrected chi connectivity index (χ0v) is 16.0. The van der Waals surface area contributed by atoms with Crippen LogP contribution in [0.2, 0.25) is 0 Å². The lowest BCUT2D eigenvalue weighted by molar-refractivity contribution is 0.0758. The standard InChI is InChI=1S/C20H20N2O3S/c1-20(2)21-17(13-8-6-5-7-9-13)19(26)22(20)18(23)14-10-11-15(24-3)16(12-14)25-4/h5-12H,1-4H3. The van der Waals surface area contributed by atoms with Gasteiger partial charge in [0.25, 0.3) is 5.91 Å². The van der Waals surface area contributed by atoms with Crippen molar-refractivity contribution in [2.45, 2.75) is 19.5 Å². The lowest BCUT2D eigenvalue weighted by Gasteiger charge is -2.29. The van der Waals surface area contributed by atoms with Crippen molar-refractivity contribution in [1.29, 1.82) is 0 Å². The first kappa shape index (κ1) is 18.1. The fourth-order valence-electron chi connectivity index (χ4n) is 2.95. The molecule has 1 aliphatic rings. The molecule has 0 saturated carbocycles. The predicted molar refractivity (Wildman–Crippen MR) is 105 cm³/mol. The van der Waals surface area contributed by atoms with E-state index in [4.69, 9.17) is 26.7 Å². The number of hydrogen-bond donors (Lipinski definition) is 0. The smallest absolute Gasteiger partial charge is 0.261 e. The number of carbonyl (C=O) groups excluding carboxylic acids is 1. The van der Waals surface area contributed by atoms with Gasteiger partial charge in [0.2, 0.25) is 0 Å². The second-order valence-corrected chi connectivity index (χ2v) is 6.72. The van der Waals surface area contributed by atoms with Gasteiger partial charge in [0, 0.05) is 11.1 Å². The van der Waals surface area contributed by atoms with Crippen LogP contribution in [0.15, 0.2) is 53.5 Å². The van der Waals surface area contributed by atoms with Gasteiger partial charge in [-0.1, -0.05) is 42.5 Å². The molecule has 2 aromatic carbocycles. The van der Waals surface area contributed by atoms with E-state index in [1.54, 1.807) is 30.2 Å². The average Bonchev–Trinajstić information content (AvgIpc) is 2.90. The summed E-state index contributed by atoms with van der Waals surface area (Å²) >= 11 is 5.60. The average molecular weight is 368 g/mol. The Balaban J connectivity index is 1.97. The Kier molecular flexibility index (Phi) is 4.78. The number of amides is 1. The van der Waals surface area contributed by atoms with Gasteiger partial charge >= 0.3 is 0 Å². The molecule has 0 spiro atoms. The van der Waals surface area contributed by atoms with E-state index in [1.807, 2.05) is 44.2 Å². The third-order valence-electron chi connectivity index (χ3n) is 4.22. The lowest BCUT2D eigenvalue weighted by atomic mass is 10.1. The molecule has 26 heavy (non-hydrogen) atoms. The van der Waals surface area contributed by atoms with E-state index < -0.39 is 5.66 Å². The third kappa shape index (κ3) is 3.08. The Morgan fingerprint density at radius 2 is 1.69 bits per heavy atom. The van der Waals surface area contributed by atoms with E-state index in [1.165, 1.54) is 7.11 Å². The maximum absolute atomic E-state index is 13.2. The maximum Gasteiger partial charge on any atom is 0.261 e. The van der Waals surface area contributed by atoms with Crippen LogP contribution in [0.25, 0.3) is 0 Å². The molecule has 6 heteroatoms. The lowest BCUT2D eigenvalue weighted by Crippen LogP contribution is -2.46. The monoisotopic (exact) mass is 368 g/mol. The molecule has 0 atom stereocenters. The van der Waals surface area contributed by atoms with Crippen LogP contribution in [0.4, 0.5) is 0 Å². The molecule has 0 unspecified atom stereocenters. The van der Waals surface area contributed by atoms with E-state index in [0.29, 0.717) is 27.8 Å².